The molecule has 4 rings (SSSR count). The van der Waals surface area contributed by atoms with Crippen molar-refractivity contribution in [1.82, 2.24) is 4.98 Å². The molecule has 0 saturated heterocycles. The summed E-state index contributed by atoms with van der Waals surface area (Å²) in [6.07, 6.45) is 0. The van der Waals surface area contributed by atoms with Gasteiger partial charge in [0, 0.05) is 21.7 Å². The zero-order chi connectivity index (χ0) is 19.7. The Hall–Kier alpha value is -3.24. The van der Waals surface area contributed by atoms with Crippen LogP contribution in [0, 0.1) is 12.7 Å². The first kappa shape index (κ1) is 18.1. The highest BCUT2D eigenvalue weighted by molar-refractivity contribution is 6.33. The van der Waals surface area contributed by atoms with Gasteiger partial charge in [-0.25, -0.2) is 9.37 Å². The number of amides is 1. The van der Waals surface area contributed by atoms with E-state index in [0.29, 0.717) is 32.9 Å². The number of hydrogen-bond donors (Lipinski definition) is 1. The van der Waals surface area contributed by atoms with E-state index in [1.54, 1.807) is 18.2 Å². The van der Waals surface area contributed by atoms with Crippen LogP contribution < -0.4 is 5.32 Å². The van der Waals surface area contributed by atoms with Crippen LogP contribution in [0.2, 0.25) is 5.02 Å². The van der Waals surface area contributed by atoms with Crippen molar-refractivity contribution < 1.29 is 9.18 Å². The van der Waals surface area contributed by atoms with Gasteiger partial charge in [-0.15, -0.1) is 0 Å². The number of fused-ring (bicyclic) bond motifs is 1. The molecule has 0 aliphatic carbocycles. The number of carbonyl (C=O) groups is 1. The number of pyridine rings is 1. The number of rotatable bonds is 3. The van der Waals surface area contributed by atoms with Crippen LogP contribution in [-0.4, -0.2) is 10.9 Å². The first-order chi connectivity index (χ1) is 13.5. The van der Waals surface area contributed by atoms with Crippen LogP contribution in [0.3, 0.4) is 0 Å². The second kappa shape index (κ2) is 7.41. The summed E-state index contributed by atoms with van der Waals surface area (Å²) in [7, 11) is 0. The molecule has 0 aliphatic heterocycles. The summed E-state index contributed by atoms with van der Waals surface area (Å²) in [5.41, 5.74) is 3.69. The summed E-state index contributed by atoms with van der Waals surface area (Å²) in [6, 6.07) is 20.8. The molecule has 0 saturated carbocycles. The van der Waals surface area contributed by atoms with Crippen LogP contribution in [0.5, 0.6) is 0 Å². The Morgan fingerprint density at radius 1 is 1.00 bits per heavy atom. The summed E-state index contributed by atoms with van der Waals surface area (Å²) in [4.78, 5) is 17.7. The smallest absolute Gasteiger partial charge is 0.256 e. The molecule has 1 N–H and O–H groups in total. The summed E-state index contributed by atoms with van der Waals surface area (Å²) in [6.45, 7) is 1.81. The molecular formula is C23H16ClFN2O. The number of aryl methyl sites for hydroxylation is 1. The molecule has 0 spiro atoms. The van der Waals surface area contributed by atoms with Gasteiger partial charge < -0.3 is 5.32 Å². The molecule has 0 radical (unpaired) electrons. The van der Waals surface area contributed by atoms with Crippen LogP contribution in [0.1, 0.15) is 15.9 Å². The monoisotopic (exact) mass is 390 g/mol. The zero-order valence-electron chi connectivity index (χ0n) is 15.0. The minimum Gasteiger partial charge on any atom is -0.322 e. The van der Waals surface area contributed by atoms with Crippen molar-refractivity contribution in [2.75, 3.05) is 5.32 Å². The fourth-order valence-electron chi connectivity index (χ4n) is 3.09. The van der Waals surface area contributed by atoms with E-state index in [2.05, 4.69) is 10.3 Å². The number of hydrogen-bond acceptors (Lipinski definition) is 2. The SMILES string of the molecule is Cc1ccc(F)cc1NC(=O)c1cc(-c2ccccc2Cl)nc2ccccc12. The molecule has 0 fully saturated rings. The third kappa shape index (κ3) is 3.47. The Kier molecular flexibility index (Phi) is 4.80. The Labute approximate surface area is 166 Å². The first-order valence-corrected chi connectivity index (χ1v) is 9.13. The van der Waals surface area contributed by atoms with E-state index in [4.69, 9.17) is 11.6 Å². The maximum absolute atomic E-state index is 13.6. The van der Waals surface area contributed by atoms with E-state index >= 15 is 0 Å². The molecule has 0 aliphatic rings. The summed E-state index contributed by atoms with van der Waals surface area (Å²) in [5.74, 6) is -0.738. The van der Waals surface area contributed by atoms with Gasteiger partial charge in [0.15, 0.2) is 0 Å². The number of anilines is 1. The minimum absolute atomic E-state index is 0.333. The van der Waals surface area contributed by atoms with Crippen molar-refractivity contribution in [2.24, 2.45) is 0 Å². The maximum atomic E-state index is 13.6. The number of halogens is 2. The summed E-state index contributed by atoms with van der Waals surface area (Å²) >= 11 is 6.33. The van der Waals surface area contributed by atoms with Crippen LogP contribution in [0.4, 0.5) is 10.1 Å². The van der Waals surface area contributed by atoms with Crippen molar-refractivity contribution in [1.29, 1.82) is 0 Å². The van der Waals surface area contributed by atoms with Gasteiger partial charge in [-0.2, -0.15) is 0 Å². The van der Waals surface area contributed by atoms with Crippen LogP contribution in [0.15, 0.2) is 72.8 Å². The van der Waals surface area contributed by atoms with Gasteiger partial charge in [-0.05, 0) is 42.8 Å². The highest BCUT2D eigenvalue weighted by Crippen LogP contribution is 2.30. The third-order valence-electron chi connectivity index (χ3n) is 4.56. The van der Waals surface area contributed by atoms with Crippen molar-refractivity contribution in [2.45, 2.75) is 6.92 Å². The molecule has 1 heterocycles. The minimum atomic E-state index is -0.405. The number of benzene rings is 3. The van der Waals surface area contributed by atoms with Crippen molar-refractivity contribution in [3.05, 3.63) is 94.8 Å². The molecule has 5 heteroatoms. The molecule has 4 aromatic rings. The van der Waals surface area contributed by atoms with Crippen molar-refractivity contribution in [3.8, 4) is 11.3 Å². The summed E-state index contributed by atoms with van der Waals surface area (Å²) < 4.78 is 13.6. The average Bonchev–Trinajstić information content (AvgIpc) is 2.70. The van der Waals surface area contributed by atoms with E-state index in [-0.39, 0.29) is 5.91 Å². The van der Waals surface area contributed by atoms with Crippen molar-refractivity contribution in [3.63, 3.8) is 0 Å². The highest BCUT2D eigenvalue weighted by atomic mass is 35.5. The number of aromatic nitrogens is 1. The van der Waals surface area contributed by atoms with E-state index in [1.165, 1.54) is 12.1 Å². The predicted molar refractivity (Wildman–Crippen MR) is 111 cm³/mol. The molecule has 1 amide bonds. The van der Waals surface area contributed by atoms with Gasteiger partial charge in [-0.3, -0.25) is 4.79 Å². The molecule has 28 heavy (non-hydrogen) atoms. The fraction of sp³-hybridized carbons (Fsp3) is 0.0435. The third-order valence-corrected chi connectivity index (χ3v) is 4.89. The second-order valence-corrected chi connectivity index (χ2v) is 6.87. The lowest BCUT2D eigenvalue weighted by Crippen LogP contribution is -2.14. The molecular weight excluding hydrogens is 375 g/mol. The normalized spacial score (nSPS) is 10.8. The van der Waals surface area contributed by atoms with E-state index < -0.39 is 5.82 Å². The molecule has 0 unspecified atom stereocenters. The zero-order valence-corrected chi connectivity index (χ0v) is 15.8. The van der Waals surface area contributed by atoms with Gasteiger partial charge in [0.1, 0.15) is 5.82 Å². The standard InChI is InChI=1S/C23H16ClFN2O/c1-14-10-11-15(25)12-21(14)27-23(28)18-13-22(17-7-2-4-8-19(17)24)26-20-9-5-3-6-16(18)20/h2-13H,1H3,(H,27,28). The first-order valence-electron chi connectivity index (χ1n) is 8.75. The quantitative estimate of drug-likeness (QED) is 0.449. The van der Waals surface area contributed by atoms with Gasteiger partial charge >= 0.3 is 0 Å². The molecule has 0 bridgehead atoms. The van der Waals surface area contributed by atoms with Crippen molar-refractivity contribution >= 4 is 34.1 Å². The predicted octanol–water partition coefficient (Wildman–Crippen LogP) is 6.26. The van der Waals surface area contributed by atoms with Gasteiger partial charge in [0.2, 0.25) is 0 Å². The number of nitrogens with one attached hydrogen (secondary N) is 1. The number of carbonyl (C=O) groups excluding carboxylic acids is 1. The lowest BCUT2D eigenvalue weighted by Gasteiger charge is -2.12. The number of para-hydroxylation sites is 1. The Morgan fingerprint density at radius 3 is 2.57 bits per heavy atom. The van der Waals surface area contributed by atoms with Crippen LogP contribution in [0.25, 0.3) is 22.2 Å². The number of nitrogens with zero attached hydrogens (tertiary/aromatic N) is 1. The Bertz CT molecular complexity index is 1210. The largest absolute Gasteiger partial charge is 0.322 e. The average molecular weight is 391 g/mol. The lowest BCUT2D eigenvalue weighted by molar-refractivity contribution is 0.102. The Balaban J connectivity index is 1.84. The molecule has 1 aromatic heterocycles. The van der Waals surface area contributed by atoms with Crippen LogP contribution >= 0.6 is 11.6 Å². The molecule has 3 aromatic carbocycles. The van der Waals surface area contributed by atoms with Gasteiger partial charge in [0.05, 0.1) is 16.8 Å². The molecule has 3 nitrogen and oxygen atoms in total. The lowest BCUT2D eigenvalue weighted by atomic mass is 10.0. The Morgan fingerprint density at radius 2 is 1.75 bits per heavy atom. The molecule has 0 atom stereocenters. The summed E-state index contributed by atoms with van der Waals surface area (Å²) in [5, 5.41) is 4.08. The highest BCUT2D eigenvalue weighted by Gasteiger charge is 2.16. The molecule has 138 valence electrons. The van der Waals surface area contributed by atoms with Crippen LogP contribution in [-0.2, 0) is 0 Å². The fourth-order valence-corrected chi connectivity index (χ4v) is 3.32. The van der Waals surface area contributed by atoms with Gasteiger partial charge in [0.25, 0.3) is 5.91 Å². The van der Waals surface area contributed by atoms with E-state index in [0.717, 1.165) is 11.1 Å². The maximum Gasteiger partial charge on any atom is 0.256 e. The van der Waals surface area contributed by atoms with Gasteiger partial charge in [-0.1, -0.05) is 54.1 Å². The second-order valence-electron chi connectivity index (χ2n) is 6.47. The topological polar surface area (TPSA) is 42.0 Å². The van der Waals surface area contributed by atoms with E-state index in [1.807, 2.05) is 49.4 Å². The van der Waals surface area contributed by atoms with E-state index in [9.17, 15) is 9.18 Å².